The van der Waals surface area contributed by atoms with Crippen LogP contribution in [0.2, 0.25) is 0 Å². The van der Waals surface area contributed by atoms with Gasteiger partial charge >= 0.3 is 0 Å². The molecule has 2 atom stereocenters. The number of ether oxygens (including phenoxy) is 2. The summed E-state index contributed by atoms with van der Waals surface area (Å²) in [6.07, 6.45) is 4.13. The molecule has 0 bridgehead atoms. The molecule has 0 aromatic rings. The molecule has 2 unspecified atom stereocenters. The van der Waals surface area contributed by atoms with Gasteiger partial charge < -0.3 is 14.6 Å². The second-order valence-electron chi connectivity index (χ2n) is 4.57. The van der Waals surface area contributed by atoms with Gasteiger partial charge in [0, 0.05) is 18.9 Å². The Morgan fingerprint density at radius 1 is 1.50 bits per heavy atom. The number of unbranched alkanes of at least 4 members (excludes halogenated alkanes) is 1. The fourth-order valence-electron chi connectivity index (χ4n) is 2.11. The van der Waals surface area contributed by atoms with E-state index in [4.69, 9.17) is 9.47 Å². The van der Waals surface area contributed by atoms with Crippen LogP contribution < -0.4 is 0 Å². The average molecular weight is 202 g/mol. The third kappa shape index (κ3) is 2.47. The Morgan fingerprint density at radius 2 is 2.21 bits per heavy atom. The molecule has 3 heteroatoms. The summed E-state index contributed by atoms with van der Waals surface area (Å²) in [4.78, 5) is 0. The quantitative estimate of drug-likeness (QED) is 0.740. The van der Waals surface area contributed by atoms with Crippen LogP contribution in [0.25, 0.3) is 0 Å². The molecule has 14 heavy (non-hydrogen) atoms. The molecule has 1 aliphatic heterocycles. The molecule has 0 aromatic carbocycles. The fraction of sp³-hybridized carbons (Fsp3) is 1.00. The van der Waals surface area contributed by atoms with E-state index in [0.29, 0.717) is 6.61 Å². The number of rotatable bonds is 5. The fourth-order valence-corrected chi connectivity index (χ4v) is 2.11. The normalized spacial score (nSPS) is 37.7. The highest BCUT2D eigenvalue weighted by atomic mass is 16.7. The van der Waals surface area contributed by atoms with Gasteiger partial charge in [0.05, 0.1) is 13.2 Å². The van der Waals surface area contributed by atoms with Gasteiger partial charge in [0.1, 0.15) is 0 Å². The second-order valence-corrected chi connectivity index (χ2v) is 4.57. The minimum Gasteiger partial charge on any atom is -0.396 e. The van der Waals surface area contributed by atoms with Gasteiger partial charge in [-0.3, -0.25) is 0 Å². The van der Waals surface area contributed by atoms with Crippen molar-refractivity contribution in [3.8, 4) is 0 Å². The van der Waals surface area contributed by atoms with Crippen molar-refractivity contribution < 1.29 is 14.6 Å². The van der Waals surface area contributed by atoms with Gasteiger partial charge in [-0.15, -0.1) is 0 Å². The molecule has 1 aliphatic rings. The highest BCUT2D eigenvalue weighted by Crippen LogP contribution is 2.42. The van der Waals surface area contributed by atoms with Crippen LogP contribution in [0.5, 0.6) is 0 Å². The summed E-state index contributed by atoms with van der Waals surface area (Å²) in [7, 11) is 1.66. The van der Waals surface area contributed by atoms with Gasteiger partial charge in [-0.05, 0) is 13.3 Å². The first-order chi connectivity index (χ1) is 6.60. The summed E-state index contributed by atoms with van der Waals surface area (Å²) in [6.45, 7) is 4.92. The van der Waals surface area contributed by atoms with Crippen molar-refractivity contribution in [3.05, 3.63) is 0 Å². The third-order valence-electron chi connectivity index (χ3n) is 3.21. The first kappa shape index (κ1) is 12.0. The van der Waals surface area contributed by atoms with Gasteiger partial charge in [-0.2, -0.15) is 0 Å². The summed E-state index contributed by atoms with van der Waals surface area (Å²) >= 11 is 0. The predicted molar refractivity (Wildman–Crippen MR) is 55.0 cm³/mol. The van der Waals surface area contributed by atoms with Crippen molar-refractivity contribution in [1.82, 2.24) is 0 Å². The lowest BCUT2D eigenvalue weighted by atomic mass is 9.81. The van der Waals surface area contributed by atoms with Crippen molar-refractivity contribution >= 4 is 0 Å². The monoisotopic (exact) mass is 202 g/mol. The van der Waals surface area contributed by atoms with Gasteiger partial charge in [0.15, 0.2) is 5.79 Å². The molecule has 0 aliphatic carbocycles. The Bertz CT molecular complexity index is 179. The molecule has 0 radical (unpaired) electrons. The molecule has 1 fully saturated rings. The molecular weight excluding hydrogens is 180 g/mol. The molecule has 0 saturated carbocycles. The van der Waals surface area contributed by atoms with Crippen LogP contribution in [0, 0.1) is 5.41 Å². The Labute approximate surface area is 86.4 Å². The molecular formula is C11H22O3. The molecule has 1 saturated heterocycles. The minimum absolute atomic E-state index is 0.0687. The summed E-state index contributed by atoms with van der Waals surface area (Å²) in [5.74, 6) is -0.490. The summed E-state index contributed by atoms with van der Waals surface area (Å²) < 4.78 is 10.9. The van der Waals surface area contributed by atoms with E-state index in [9.17, 15) is 5.11 Å². The number of aliphatic hydroxyl groups is 1. The van der Waals surface area contributed by atoms with Gasteiger partial charge in [-0.25, -0.2) is 0 Å². The number of hydrogen-bond acceptors (Lipinski definition) is 3. The van der Waals surface area contributed by atoms with E-state index < -0.39 is 5.79 Å². The summed E-state index contributed by atoms with van der Waals surface area (Å²) in [5, 5.41) is 9.44. The number of methoxy groups -OCH3 is 1. The van der Waals surface area contributed by atoms with Crippen LogP contribution in [0.3, 0.4) is 0 Å². The first-order valence-corrected chi connectivity index (χ1v) is 5.40. The van der Waals surface area contributed by atoms with Gasteiger partial charge in [0.25, 0.3) is 0 Å². The van der Waals surface area contributed by atoms with Crippen molar-refractivity contribution in [1.29, 1.82) is 0 Å². The van der Waals surface area contributed by atoms with E-state index >= 15 is 0 Å². The molecule has 0 amide bonds. The average Bonchev–Trinajstić information content (AvgIpc) is 2.55. The zero-order valence-corrected chi connectivity index (χ0v) is 9.51. The Morgan fingerprint density at radius 3 is 2.64 bits per heavy atom. The highest BCUT2D eigenvalue weighted by molar-refractivity contribution is 4.90. The van der Waals surface area contributed by atoms with Crippen molar-refractivity contribution in [2.75, 3.05) is 20.3 Å². The molecule has 1 heterocycles. The Balaban J connectivity index is 2.56. The molecule has 1 rings (SSSR count). The van der Waals surface area contributed by atoms with Gasteiger partial charge in [-0.1, -0.05) is 19.8 Å². The molecule has 0 spiro atoms. The largest absolute Gasteiger partial charge is 0.396 e. The minimum atomic E-state index is -0.490. The van der Waals surface area contributed by atoms with E-state index in [1.165, 1.54) is 0 Å². The molecule has 0 aromatic heterocycles. The first-order valence-electron chi connectivity index (χ1n) is 5.40. The van der Waals surface area contributed by atoms with Crippen molar-refractivity contribution in [3.63, 3.8) is 0 Å². The maximum atomic E-state index is 9.44. The topological polar surface area (TPSA) is 38.7 Å². The van der Waals surface area contributed by atoms with Crippen LogP contribution in [0.15, 0.2) is 0 Å². The van der Waals surface area contributed by atoms with E-state index in [-0.39, 0.29) is 12.0 Å². The zero-order valence-electron chi connectivity index (χ0n) is 9.51. The maximum Gasteiger partial charge on any atom is 0.165 e. The summed E-state index contributed by atoms with van der Waals surface area (Å²) in [5.41, 5.74) is -0.0687. The third-order valence-corrected chi connectivity index (χ3v) is 3.21. The molecule has 3 nitrogen and oxygen atoms in total. The molecule has 1 N–H and O–H groups in total. The Hall–Kier alpha value is -0.120. The van der Waals surface area contributed by atoms with Crippen LogP contribution in [0.4, 0.5) is 0 Å². The van der Waals surface area contributed by atoms with Crippen LogP contribution in [0.1, 0.15) is 39.5 Å². The van der Waals surface area contributed by atoms with Crippen LogP contribution in [-0.2, 0) is 9.47 Å². The lowest BCUT2D eigenvalue weighted by Gasteiger charge is -2.26. The van der Waals surface area contributed by atoms with Crippen molar-refractivity contribution in [2.45, 2.75) is 45.3 Å². The number of aliphatic hydroxyl groups excluding tert-OH is 1. The van der Waals surface area contributed by atoms with E-state index in [0.717, 1.165) is 25.7 Å². The molecule has 84 valence electrons. The zero-order chi connectivity index (χ0) is 10.7. The lowest BCUT2D eigenvalue weighted by molar-refractivity contribution is -0.178. The van der Waals surface area contributed by atoms with Crippen molar-refractivity contribution in [2.24, 2.45) is 5.41 Å². The Kier molecular flexibility index (Phi) is 3.93. The number of hydrogen-bond donors (Lipinski definition) is 1. The van der Waals surface area contributed by atoms with E-state index in [1.54, 1.807) is 7.11 Å². The van der Waals surface area contributed by atoms with E-state index in [1.807, 2.05) is 6.92 Å². The highest BCUT2D eigenvalue weighted by Gasteiger charge is 2.46. The second kappa shape index (κ2) is 4.60. The van der Waals surface area contributed by atoms with Crippen LogP contribution in [-0.4, -0.2) is 31.2 Å². The predicted octanol–water partition coefficient (Wildman–Crippen LogP) is 1.94. The van der Waals surface area contributed by atoms with E-state index in [2.05, 4.69) is 6.92 Å². The maximum absolute atomic E-state index is 9.44. The summed E-state index contributed by atoms with van der Waals surface area (Å²) in [6, 6.07) is 0. The smallest absolute Gasteiger partial charge is 0.165 e. The van der Waals surface area contributed by atoms with Gasteiger partial charge in [0.2, 0.25) is 0 Å². The van der Waals surface area contributed by atoms with Crippen LogP contribution >= 0.6 is 0 Å². The SMILES string of the molecule is CCCCC1(CO)COC(C)(OC)C1. The standard InChI is InChI=1S/C11H22O3/c1-4-5-6-11(8-12)7-10(2,13-3)14-9-11/h12H,4-9H2,1-3H3. The lowest BCUT2D eigenvalue weighted by Crippen LogP contribution is -2.30.